The maximum atomic E-state index is 13.2. The molecule has 1 N–H and O–H groups in total. The molecule has 0 aliphatic heterocycles. The topological polar surface area (TPSA) is 12.0 Å². The lowest BCUT2D eigenvalue weighted by atomic mass is 10.2. The van der Waals surface area contributed by atoms with Crippen LogP contribution in [-0.2, 0) is 6.54 Å². The molecule has 2 rings (SSSR count). The van der Waals surface area contributed by atoms with Gasteiger partial charge < -0.3 is 5.32 Å². The summed E-state index contributed by atoms with van der Waals surface area (Å²) >= 11 is 11.6. The Balaban J connectivity index is 2.08. The predicted octanol–water partition coefficient (Wildman–Crippen LogP) is 4.74. The molecule has 0 radical (unpaired) electrons. The zero-order chi connectivity index (χ0) is 12.3. The molecule has 17 heavy (non-hydrogen) atoms. The van der Waals surface area contributed by atoms with Gasteiger partial charge in [0.15, 0.2) is 0 Å². The van der Waals surface area contributed by atoms with Gasteiger partial charge in [-0.15, -0.1) is 0 Å². The molecule has 0 aliphatic carbocycles. The molecule has 1 nitrogen and oxygen atoms in total. The van der Waals surface area contributed by atoms with Gasteiger partial charge >= 0.3 is 0 Å². The van der Waals surface area contributed by atoms with Crippen LogP contribution in [0.5, 0.6) is 0 Å². The van der Waals surface area contributed by atoms with Crippen LogP contribution >= 0.6 is 23.2 Å². The van der Waals surface area contributed by atoms with Crippen molar-refractivity contribution in [2.75, 3.05) is 5.32 Å². The highest BCUT2D eigenvalue weighted by atomic mass is 35.5. The van der Waals surface area contributed by atoms with E-state index in [-0.39, 0.29) is 5.02 Å². The van der Waals surface area contributed by atoms with E-state index in [2.05, 4.69) is 5.32 Å². The molecule has 0 saturated heterocycles. The van der Waals surface area contributed by atoms with Gasteiger partial charge in [0.2, 0.25) is 0 Å². The molecular weight excluding hydrogens is 260 g/mol. The SMILES string of the molecule is Fc1cc(NCc2ccccc2Cl)ccc1Cl. The third-order valence-electron chi connectivity index (χ3n) is 2.36. The van der Waals surface area contributed by atoms with Crippen LogP contribution in [0, 0.1) is 5.82 Å². The second-order valence-electron chi connectivity index (χ2n) is 3.57. The summed E-state index contributed by atoms with van der Waals surface area (Å²) in [6.07, 6.45) is 0. The van der Waals surface area contributed by atoms with Crippen LogP contribution in [0.15, 0.2) is 42.5 Å². The monoisotopic (exact) mass is 269 g/mol. The van der Waals surface area contributed by atoms with E-state index in [4.69, 9.17) is 23.2 Å². The summed E-state index contributed by atoms with van der Waals surface area (Å²) in [5, 5.41) is 3.89. The number of nitrogens with one attached hydrogen (secondary N) is 1. The number of benzene rings is 2. The van der Waals surface area contributed by atoms with Crippen LogP contribution < -0.4 is 5.32 Å². The van der Waals surface area contributed by atoms with E-state index in [0.29, 0.717) is 17.3 Å². The van der Waals surface area contributed by atoms with Gasteiger partial charge in [0.1, 0.15) is 5.82 Å². The van der Waals surface area contributed by atoms with E-state index >= 15 is 0 Å². The van der Waals surface area contributed by atoms with Crippen molar-refractivity contribution < 1.29 is 4.39 Å². The highest BCUT2D eigenvalue weighted by Crippen LogP contribution is 2.20. The van der Waals surface area contributed by atoms with E-state index < -0.39 is 5.82 Å². The Bertz CT molecular complexity index is 529. The Labute approximate surface area is 109 Å². The van der Waals surface area contributed by atoms with Crippen molar-refractivity contribution in [1.82, 2.24) is 0 Å². The van der Waals surface area contributed by atoms with Gasteiger partial charge in [0.05, 0.1) is 5.02 Å². The zero-order valence-electron chi connectivity index (χ0n) is 8.88. The first-order valence-corrected chi connectivity index (χ1v) is 5.85. The van der Waals surface area contributed by atoms with Gasteiger partial charge in [-0.2, -0.15) is 0 Å². The zero-order valence-corrected chi connectivity index (χ0v) is 10.4. The molecule has 0 unspecified atom stereocenters. The third-order valence-corrected chi connectivity index (χ3v) is 3.04. The summed E-state index contributed by atoms with van der Waals surface area (Å²) < 4.78 is 13.2. The average Bonchev–Trinajstić information content (AvgIpc) is 2.32. The van der Waals surface area contributed by atoms with Gasteiger partial charge in [-0.3, -0.25) is 0 Å². The minimum absolute atomic E-state index is 0.119. The largest absolute Gasteiger partial charge is 0.381 e. The molecule has 0 amide bonds. The van der Waals surface area contributed by atoms with Crippen LogP contribution in [0.1, 0.15) is 5.56 Å². The molecule has 0 saturated carbocycles. The predicted molar refractivity (Wildman–Crippen MR) is 70.2 cm³/mol. The third kappa shape index (κ3) is 3.11. The fourth-order valence-electron chi connectivity index (χ4n) is 1.45. The van der Waals surface area contributed by atoms with E-state index in [1.165, 1.54) is 12.1 Å². The molecule has 0 aromatic heterocycles. The summed E-state index contributed by atoms with van der Waals surface area (Å²) in [6.45, 7) is 0.542. The molecule has 0 spiro atoms. The van der Waals surface area contributed by atoms with Crippen molar-refractivity contribution >= 4 is 28.9 Å². The van der Waals surface area contributed by atoms with Crippen molar-refractivity contribution in [2.24, 2.45) is 0 Å². The first-order chi connectivity index (χ1) is 8.16. The normalized spacial score (nSPS) is 10.3. The number of halogens is 3. The van der Waals surface area contributed by atoms with Crippen molar-refractivity contribution in [3.63, 3.8) is 0 Å². The Morgan fingerprint density at radius 1 is 1.00 bits per heavy atom. The first-order valence-electron chi connectivity index (χ1n) is 5.09. The number of hydrogen-bond donors (Lipinski definition) is 1. The van der Waals surface area contributed by atoms with Gasteiger partial charge in [0.25, 0.3) is 0 Å². The van der Waals surface area contributed by atoms with Crippen LogP contribution in [0.25, 0.3) is 0 Å². The molecule has 0 bridgehead atoms. The van der Waals surface area contributed by atoms with E-state index in [0.717, 1.165) is 5.56 Å². The highest BCUT2D eigenvalue weighted by molar-refractivity contribution is 6.31. The number of anilines is 1. The molecular formula is C13H10Cl2FN. The maximum Gasteiger partial charge on any atom is 0.143 e. The quantitative estimate of drug-likeness (QED) is 0.849. The van der Waals surface area contributed by atoms with Crippen molar-refractivity contribution in [2.45, 2.75) is 6.54 Å². The van der Waals surface area contributed by atoms with E-state index in [1.54, 1.807) is 6.07 Å². The second kappa shape index (κ2) is 5.39. The van der Waals surface area contributed by atoms with Crippen LogP contribution in [0.3, 0.4) is 0 Å². The fraction of sp³-hybridized carbons (Fsp3) is 0.0769. The summed E-state index contributed by atoms with van der Waals surface area (Å²) in [7, 11) is 0. The fourth-order valence-corrected chi connectivity index (χ4v) is 1.77. The molecule has 88 valence electrons. The second-order valence-corrected chi connectivity index (χ2v) is 4.39. The van der Waals surface area contributed by atoms with Gasteiger partial charge in [-0.1, -0.05) is 41.4 Å². The van der Waals surface area contributed by atoms with Crippen LogP contribution in [0.4, 0.5) is 10.1 Å². The Morgan fingerprint density at radius 3 is 2.47 bits per heavy atom. The number of rotatable bonds is 3. The lowest BCUT2D eigenvalue weighted by Crippen LogP contribution is -2.00. The molecule has 2 aromatic rings. The van der Waals surface area contributed by atoms with Gasteiger partial charge in [-0.25, -0.2) is 4.39 Å². The smallest absolute Gasteiger partial charge is 0.143 e. The highest BCUT2D eigenvalue weighted by Gasteiger charge is 2.02. The number of hydrogen-bond acceptors (Lipinski definition) is 1. The Hall–Kier alpha value is -1.25. The molecule has 0 aliphatic rings. The molecule has 0 atom stereocenters. The molecule has 2 aromatic carbocycles. The molecule has 4 heteroatoms. The Morgan fingerprint density at radius 2 is 1.76 bits per heavy atom. The molecule has 0 heterocycles. The summed E-state index contributed by atoms with van der Waals surface area (Å²) in [6, 6.07) is 12.1. The molecule has 0 fully saturated rings. The minimum Gasteiger partial charge on any atom is -0.381 e. The summed E-state index contributed by atoms with van der Waals surface area (Å²) in [4.78, 5) is 0. The van der Waals surface area contributed by atoms with Crippen LogP contribution in [0.2, 0.25) is 10.0 Å². The van der Waals surface area contributed by atoms with Crippen molar-refractivity contribution in [3.8, 4) is 0 Å². The maximum absolute atomic E-state index is 13.2. The Kier molecular flexibility index (Phi) is 3.87. The van der Waals surface area contributed by atoms with Crippen molar-refractivity contribution in [3.05, 3.63) is 63.9 Å². The lowest BCUT2D eigenvalue weighted by Gasteiger charge is -2.08. The van der Waals surface area contributed by atoms with Crippen molar-refractivity contribution in [1.29, 1.82) is 0 Å². The average molecular weight is 270 g/mol. The minimum atomic E-state index is -0.434. The van der Waals surface area contributed by atoms with Gasteiger partial charge in [0, 0.05) is 17.3 Å². The standard InChI is InChI=1S/C13H10Cl2FN/c14-11-4-2-1-3-9(11)8-17-10-5-6-12(15)13(16)7-10/h1-7,17H,8H2. The summed E-state index contributed by atoms with van der Waals surface area (Å²) in [5.41, 5.74) is 1.64. The summed E-state index contributed by atoms with van der Waals surface area (Å²) in [5.74, 6) is -0.434. The van der Waals surface area contributed by atoms with E-state index in [1.807, 2.05) is 24.3 Å². The van der Waals surface area contributed by atoms with E-state index in [9.17, 15) is 4.39 Å². The first kappa shape index (κ1) is 12.2. The lowest BCUT2D eigenvalue weighted by molar-refractivity contribution is 0.628. The van der Waals surface area contributed by atoms with Gasteiger partial charge in [-0.05, 0) is 29.8 Å². The van der Waals surface area contributed by atoms with Crippen LogP contribution in [-0.4, -0.2) is 0 Å².